The molecule has 2 N–H and O–H groups in total. The summed E-state index contributed by atoms with van der Waals surface area (Å²) in [5.74, 6) is -0.477. The highest BCUT2D eigenvalue weighted by molar-refractivity contribution is 5.85. The second kappa shape index (κ2) is 16.2. The Morgan fingerprint density at radius 3 is 2.12 bits per heavy atom. The van der Waals surface area contributed by atoms with E-state index in [0.29, 0.717) is 45.9 Å². The largest absolute Gasteiger partial charge is 0.465 e. The van der Waals surface area contributed by atoms with Gasteiger partial charge in [-0.05, 0) is 50.7 Å². The monoisotopic (exact) mass is 582 g/mol. The number of benzene rings is 2. The zero-order valence-electron chi connectivity index (χ0n) is 24.4. The Labute approximate surface area is 247 Å². The predicted molar refractivity (Wildman–Crippen MR) is 154 cm³/mol. The van der Waals surface area contributed by atoms with Gasteiger partial charge in [0.05, 0.1) is 25.9 Å². The van der Waals surface area contributed by atoms with Gasteiger partial charge in [0.15, 0.2) is 0 Å². The molecule has 42 heavy (non-hydrogen) atoms. The van der Waals surface area contributed by atoms with Crippen LogP contribution in [0.25, 0.3) is 0 Å². The minimum Gasteiger partial charge on any atom is -0.465 e. The molecule has 3 heterocycles. The molecule has 0 unspecified atom stereocenters. The molecule has 3 saturated heterocycles. The van der Waals surface area contributed by atoms with E-state index in [4.69, 9.17) is 19.1 Å². The number of piperidine rings is 2. The highest BCUT2D eigenvalue weighted by atomic mass is 16.7. The second-order valence-corrected chi connectivity index (χ2v) is 10.4. The van der Waals surface area contributed by atoms with Gasteiger partial charge >= 0.3 is 18.0 Å². The SMILES string of the molecule is CCOC(=O)[C@H]1CC[C@@H](NOCc2ccccc2)CN1.CCOC(=O)[C@H]1CC[C@@H]2CN1C(=O)N2OCc1ccccc1. The molecule has 2 bridgehead atoms. The average Bonchev–Trinajstić information content (AvgIpc) is 3.26. The summed E-state index contributed by atoms with van der Waals surface area (Å²) in [6, 6.07) is 19.1. The first-order valence-corrected chi connectivity index (χ1v) is 14.7. The molecular formula is C31H42N4O7. The highest BCUT2D eigenvalue weighted by Gasteiger charge is 2.48. The topological polar surface area (TPSA) is 119 Å². The Kier molecular flexibility index (Phi) is 12.1. The van der Waals surface area contributed by atoms with Crippen LogP contribution in [0.15, 0.2) is 60.7 Å². The van der Waals surface area contributed by atoms with Gasteiger partial charge < -0.3 is 19.7 Å². The third-order valence-corrected chi connectivity index (χ3v) is 7.41. The normalized spacial score (nSPS) is 23.1. The number of nitrogens with zero attached hydrogens (tertiary/aromatic N) is 2. The number of hydrogen-bond acceptors (Lipinski definition) is 9. The molecule has 4 atom stereocenters. The van der Waals surface area contributed by atoms with Crippen molar-refractivity contribution in [1.82, 2.24) is 20.8 Å². The maximum atomic E-state index is 12.4. The molecule has 0 radical (unpaired) electrons. The van der Waals surface area contributed by atoms with Gasteiger partial charge in [-0.2, -0.15) is 10.5 Å². The van der Waals surface area contributed by atoms with Gasteiger partial charge in [0.25, 0.3) is 0 Å². The molecule has 11 nitrogen and oxygen atoms in total. The summed E-state index contributed by atoms with van der Waals surface area (Å²) in [4.78, 5) is 48.7. The van der Waals surface area contributed by atoms with Gasteiger partial charge in [-0.15, -0.1) is 0 Å². The number of carbonyl (C=O) groups excluding carboxylic acids is 3. The molecule has 2 amide bonds. The molecule has 3 aliphatic rings. The first kappa shape index (κ1) is 31.4. The first-order chi connectivity index (χ1) is 20.5. The van der Waals surface area contributed by atoms with E-state index < -0.39 is 6.04 Å². The van der Waals surface area contributed by atoms with E-state index in [2.05, 4.69) is 10.8 Å². The zero-order chi connectivity index (χ0) is 29.7. The van der Waals surface area contributed by atoms with Crippen molar-refractivity contribution in [1.29, 1.82) is 0 Å². The standard InChI is InChI=1S/C16H20N2O4.C15H22N2O3/c1-2-21-15(19)14-9-8-13-10-17(14)16(20)18(13)22-11-12-6-4-3-5-7-12;1-2-19-15(18)14-9-8-13(10-16-14)17-20-11-12-6-4-3-5-7-12/h3-7,13-14H,2,8-11H2,1H3;3-7,13-14,16-17H,2,8-11H2,1H3/t2*13-,14-/m11/s1. The van der Waals surface area contributed by atoms with Crippen LogP contribution in [0.2, 0.25) is 0 Å². The van der Waals surface area contributed by atoms with Crippen molar-refractivity contribution < 1.29 is 33.5 Å². The molecule has 0 saturated carbocycles. The Hall–Kier alpha value is -3.51. The van der Waals surface area contributed by atoms with Crippen LogP contribution in [0, 0.1) is 0 Å². The van der Waals surface area contributed by atoms with Gasteiger partial charge in [-0.25, -0.2) is 9.59 Å². The van der Waals surface area contributed by atoms with Crippen LogP contribution >= 0.6 is 0 Å². The van der Waals surface area contributed by atoms with Crippen molar-refractivity contribution >= 4 is 18.0 Å². The van der Waals surface area contributed by atoms with E-state index in [-0.39, 0.29) is 36.1 Å². The van der Waals surface area contributed by atoms with E-state index in [9.17, 15) is 14.4 Å². The Morgan fingerprint density at radius 1 is 0.857 bits per heavy atom. The summed E-state index contributed by atoms with van der Waals surface area (Å²) in [5, 5.41) is 4.61. The van der Waals surface area contributed by atoms with Crippen molar-refractivity contribution in [2.45, 2.75) is 76.9 Å². The van der Waals surface area contributed by atoms with Crippen LogP contribution in [-0.2, 0) is 42.0 Å². The Balaban J connectivity index is 0.000000194. The van der Waals surface area contributed by atoms with Gasteiger partial charge in [-0.3, -0.25) is 14.5 Å². The minimum absolute atomic E-state index is 0.0156. The number of rotatable bonds is 11. The van der Waals surface area contributed by atoms with Crippen molar-refractivity contribution in [3.8, 4) is 0 Å². The maximum absolute atomic E-state index is 12.4. The van der Waals surface area contributed by atoms with Gasteiger partial charge in [0, 0.05) is 19.1 Å². The Bertz CT molecular complexity index is 1130. The van der Waals surface area contributed by atoms with E-state index in [0.717, 1.165) is 30.4 Å². The number of carbonyl (C=O) groups is 3. The summed E-state index contributed by atoms with van der Waals surface area (Å²) < 4.78 is 10.1. The fourth-order valence-corrected chi connectivity index (χ4v) is 5.22. The zero-order valence-corrected chi connectivity index (χ0v) is 24.4. The molecular weight excluding hydrogens is 540 g/mol. The average molecular weight is 583 g/mol. The van der Waals surface area contributed by atoms with E-state index in [1.165, 1.54) is 5.06 Å². The molecule has 2 aromatic carbocycles. The number of hydroxylamine groups is 3. The third kappa shape index (κ3) is 8.75. The number of nitrogens with one attached hydrogen (secondary N) is 2. The fraction of sp³-hybridized carbons (Fsp3) is 0.516. The lowest BCUT2D eigenvalue weighted by Gasteiger charge is -2.28. The lowest BCUT2D eigenvalue weighted by molar-refractivity contribution is -0.149. The minimum atomic E-state index is -0.478. The third-order valence-electron chi connectivity index (χ3n) is 7.41. The van der Waals surface area contributed by atoms with Gasteiger partial charge in [0.2, 0.25) is 0 Å². The molecule has 0 spiro atoms. The second-order valence-electron chi connectivity index (χ2n) is 10.4. The summed E-state index contributed by atoms with van der Waals surface area (Å²) >= 11 is 0. The molecule has 0 aromatic heterocycles. The van der Waals surface area contributed by atoms with Crippen molar-refractivity contribution in [2.24, 2.45) is 0 Å². The quantitative estimate of drug-likeness (QED) is 0.304. The molecule has 3 aliphatic heterocycles. The van der Waals surface area contributed by atoms with E-state index in [1.54, 1.807) is 11.8 Å². The summed E-state index contributed by atoms with van der Waals surface area (Å²) in [5.41, 5.74) is 5.19. The number of fused-ring (bicyclic) bond motifs is 2. The molecule has 2 aromatic rings. The van der Waals surface area contributed by atoms with Crippen LogP contribution in [-0.4, -0.2) is 78.4 Å². The first-order valence-electron chi connectivity index (χ1n) is 14.7. The van der Waals surface area contributed by atoms with Crippen molar-refractivity contribution in [3.05, 3.63) is 71.8 Å². The lowest BCUT2D eigenvalue weighted by Crippen LogP contribution is -2.51. The predicted octanol–water partition coefficient (Wildman–Crippen LogP) is 3.34. The number of esters is 2. The molecule has 228 valence electrons. The van der Waals surface area contributed by atoms with Crippen LogP contribution < -0.4 is 10.8 Å². The number of amides is 2. The number of ether oxygens (including phenoxy) is 2. The summed E-state index contributed by atoms with van der Waals surface area (Å²) in [7, 11) is 0. The van der Waals surface area contributed by atoms with Crippen LogP contribution in [0.3, 0.4) is 0 Å². The number of urea groups is 1. The maximum Gasteiger partial charge on any atom is 0.345 e. The van der Waals surface area contributed by atoms with Crippen LogP contribution in [0.5, 0.6) is 0 Å². The fourth-order valence-electron chi connectivity index (χ4n) is 5.22. The lowest BCUT2D eigenvalue weighted by atomic mass is 10.0. The van der Waals surface area contributed by atoms with Crippen LogP contribution in [0.4, 0.5) is 4.79 Å². The summed E-state index contributed by atoms with van der Waals surface area (Å²) in [6.07, 6.45) is 3.04. The molecule has 3 fully saturated rings. The highest BCUT2D eigenvalue weighted by Crippen LogP contribution is 2.31. The van der Waals surface area contributed by atoms with Gasteiger partial charge in [-0.1, -0.05) is 60.7 Å². The Morgan fingerprint density at radius 2 is 1.50 bits per heavy atom. The van der Waals surface area contributed by atoms with Gasteiger partial charge in [0.1, 0.15) is 18.7 Å². The molecule has 11 heteroatoms. The van der Waals surface area contributed by atoms with E-state index >= 15 is 0 Å². The van der Waals surface area contributed by atoms with E-state index in [1.807, 2.05) is 67.6 Å². The van der Waals surface area contributed by atoms with Crippen molar-refractivity contribution in [2.75, 3.05) is 26.3 Å². The van der Waals surface area contributed by atoms with Crippen molar-refractivity contribution in [3.63, 3.8) is 0 Å². The molecule has 5 rings (SSSR count). The molecule has 0 aliphatic carbocycles. The van der Waals surface area contributed by atoms with Crippen LogP contribution in [0.1, 0.15) is 50.7 Å². The number of hydrogen-bond donors (Lipinski definition) is 2. The summed E-state index contributed by atoms with van der Waals surface area (Å²) in [6.45, 7) is 6.47. The smallest absolute Gasteiger partial charge is 0.345 e.